The molecule has 0 unspecified atom stereocenters. The molecule has 4 rings (SSSR count). The fourth-order valence-electron chi connectivity index (χ4n) is 2.76. The highest BCUT2D eigenvalue weighted by Crippen LogP contribution is 2.29. The number of fused-ring (bicyclic) bond motifs is 1. The monoisotopic (exact) mass is 399 g/mol. The summed E-state index contributed by atoms with van der Waals surface area (Å²) >= 11 is 1.25. The number of ether oxygens (including phenoxy) is 1. The lowest BCUT2D eigenvalue weighted by Crippen LogP contribution is -2.18. The predicted octanol–water partition coefficient (Wildman–Crippen LogP) is 4.03. The third-order valence-electron chi connectivity index (χ3n) is 4.15. The molecule has 0 amide bonds. The first-order valence-electron chi connectivity index (χ1n) is 8.72. The molecule has 4 aromatic rings. The van der Waals surface area contributed by atoms with E-state index in [1.54, 1.807) is 18.2 Å². The van der Waals surface area contributed by atoms with E-state index in [9.17, 15) is 9.50 Å². The van der Waals surface area contributed by atoms with Crippen LogP contribution in [0, 0.1) is 5.82 Å². The number of aliphatic hydroxyl groups is 1. The highest BCUT2D eigenvalue weighted by molar-refractivity contribution is 7.99. The van der Waals surface area contributed by atoms with E-state index < -0.39 is 6.10 Å². The maximum atomic E-state index is 13.5. The Hall–Kier alpha value is -2.68. The first kappa shape index (κ1) is 18.7. The number of H-pyrrole nitrogens is 1. The molecule has 0 bridgehead atoms. The number of aromatic amines is 1. The van der Waals surface area contributed by atoms with Gasteiger partial charge in [0, 0.05) is 28.4 Å². The average molecular weight is 399 g/mol. The zero-order valence-electron chi connectivity index (χ0n) is 14.8. The Labute approximate surface area is 164 Å². The summed E-state index contributed by atoms with van der Waals surface area (Å²) < 4.78 is 24.6. The number of nitrogens with one attached hydrogen (secondary N) is 1. The minimum Gasteiger partial charge on any atom is -0.411 e. The number of halogens is 1. The molecule has 0 saturated heterocycles. The summed E-state index contributed by atoms with van der Waals surface area (Å²) in [5, 5.41) is 19.5. The fraction of sp³-hybridized carbons (Fsp3) is 0.200. The zero-order chi connectivity index (χ0) is 19.3. The van der Waals surface area contributed by atoms with E-state index in [1.165, 1.54) is 17.8 Å². The molecule has 0 aliphatic carbocycles. The van der Waals surface area contributed by atoms with Gasteiger partial charge in [0.05, 0.1) is 24.9 Å². The molecule has 2 heterocycles. The van der Waals surface area contributed by atoms with Crippen molar-refractivity contribution in [2.45, 2.75) is 17.9 Å². The Balaban J connectivity index is 1.29. The van der Waals surface area contributed by atoms with E-state index in [1.807, 2.05) is 30.5 Å². The summed E-state index contributed by atoms with van der Waals surface area (Å²) in [6, 6.07) is 14.3. The van der Waals surface area contributed by atoms with Gasteiger partial charge in [-0.2, -0.15) is 0 Å². The normalized spacial score (nSPS) is 12.5. The molecule has 1 atom stereocenters. The number of para-hydroxylation sites is 1. The van der Waals surface area contributed by atoms with E-state index in [-0.39, 0.29) is 19.0 Å². The molecule has 2 aromatic heterocycles. The third kappa shape index (κ3) is 4.24. The number of benzene rings is 2. The standard InChI is InChI=1S/C20H18FN3O3S/c21-17-7-3-1-5-13(17)10-26-11-14(25)12-28-20-24-23-19(27-20)16-9-22-18-8-4-2-6-15(16)18/h1-9,14,22,25H,10-12H2/t14-/m1/s1. The molecule has 0 aliphatic heterocycles. The first-order chi connectivity index (χ1) is 13.7. The number of rotatable bonds is 8. The summed E-state index contributed by atoms with van der Waals surface area (Å²) in [5.74, 6) is 0.430. The maximum absolute atomic E-state index is 13.5. The summed E-state index contributed by atoms with van der Waals surface area (Å²) in [7, 11) is 0. The van der Waals surface area contributed by atoms with Crippen LogP contribution in [0.1, 0.15) is 5.56 Å². The van der Waals surface area contributed by atoms with Crippen molar-refractivity contribution >= 4 is 22.7 Å². The molecule has 2 N–H and O–H groups in total. The second-order valence-corrected chi connectivity index (χ2v) is 7.16. The van der Waals surface area contributed by atoms with Gasteiger partial charge in [0.25, 0.3) is 11.1 Å². The maximum Gasteiger partial charge on any atom is 0.276 e. The van der Waals surface area contributed by atoms with Crippen LogP contribution in [0.4, 0.5) is 4.39 Å². The van der Waals surface area contributed by atoms with Crippen molar-refractivity contribution in [2.24, 2.45) is 0 Å². The number of hydrogen-bond donors (Lipinski definition) is 2. The van der Waals surface area contributed by atoms with Crippen molar-refractivity contribution < 1.29 is 18.7 Å². The van der Waals surface area contributed by atoms with E-state index in [2.05, 4.69) is 15.2 Å². The molecular formula is C20H18FN3O3S. The molecule has 0 fully saturated rings. The quantitative estimate of drug-likeness (QED) is 0.435. The highest BCUT2D eigenvalue weighted by atomic mass is 32.2. The van der Waals surface area contributed by atoms with Gasteiger partial charge >= 0.3 is 0 Å². The van der Waals surface area contributed by atoms with E-state index in [4.69, 9.17) is 9.15 Å². The molecule has 8 heteroatoms. The first-order valence-corrected chi connectivity index (χ1v) is 9.71. The Morgan fingerprint density at radius 1 is 1.14 bits per heavy atom. The van der Waals surface area contributed by atoms with Gasteiger partial charge in [-0.25, -0.2) is 4.39 Å². The number of aliphatic hydroxyl groups excluding tert-OH is 1. The molecular weight excluding hydrogens is 381 g/mol. The number of thioether (sulfide) groups is 1. The van der Waals surface area contributed by atoms with Crippen molar-refractivity contribution in [2.75, 3.05) is 12.4 Å². The SMILES string of the molecule is O[C@H](COCc1ccccc1F)CSc1nnc(-c2c[nH]c3ccccc23)o1. The highest BCUT2D eigenvalue weighted by Gasteiger charge is 2.15. The summed E-state index contributed by atoms with van der Waals surface area (Å²) in [4.78, 5) is 3.17. The van der Waals surface area contributed by atoms with Crippen molar-refractivity contribution in [3.63, 3.8) is 0 Å². The van der Waals surface area contributed by atoms with Crippen molar-refractivity contribution in [1.29, 1.82) is 0 Å². The Morgan fingerprint density at radius 2 is 1.96 bits per heavy atom. The Bertz CT molecular complexity index is 1070. The predicted molar refractivity (Wildman–Crippen MR) is 104 cm³/mol. The van der Waals surface area contributed by atoms with Gasteiger partial charge in [0.1, 0.15) is 5.82 Å². The van der Waals surface area contributed by atoms with Gasteiger partial charge in [-0.05, 0) is 12.1 Å². The minimum absolute atomic E-state index is 0.0881. The van der Waals surface area contributed by atoms with Crippen LogP contribution < -0.4 is 0 Å². The van der Waals surface area contributed by atoms with Gasteiger partial charge in [-0.1, -0.05) is 48.2 Å². The molecule has 6 nitrogen and oxygen atoms in total. The van der Waals surface area contributed by atoms with E-state index >= 15 is 0 Å². The number of hydrogen-bond acceptors (Lipinski definition) is 6. The molecule has 0 spiro atoms. The molecule has 0 saturated carbocycles. The van der Waals surface area contributed by atoms with Gasteiger partial charge in [0.15, 0.2) is 0 Å². The second kappa shape index (κ2) is 8.55. The molecule has 144 valence electrons. The molecule has 28 heavy (non-hydrogen) atoms. The van der Waals surface area contributed by atoms with Crippen LogP contribution in [0.3, 0.4) is 0 Å². The number of aromatic nitrogens is 3. The summed E-state index contributed by atoms with van der Waals surface area (Å²) in [6.07, 6.45) is 1.10. The van der Waals surface area contributed by atoms with Gasteiger partial charge in [-0.3, -0.25) is 0 Å². The van der Waals surface area contributed by atoms with Crippen molar-refractivity contribution in [3.8, 4) is 11.5 Å². The van der Waals surface area contributed by atoms with Crippen LogP contribution in [0.15, 0.2) is 64.4 Å². The fourth-order valence-corrected chi connectivity index (χ4v) is 3.43. The smallest absolute Gasteiger partial charge is 0.276 e. The molecule has 2 aromatic carbocycles. The largest absolute Gasteiger partial charge is 0.411 e. The Morgan fingerprint density at radius 3 is 2.86 bits per heavy atom. The van der Waals surface area contributed by atoms with Crippen LogP contribution in [0.2, 0.25) is 0 Å². The summed E-state index contributed by atoms with van der Waals surface area (Å²) in [5.41, 5.74) is 2.29. The zero-order valence-corrected chi connectivity index (χ0v) is 15.7. The van der Waals surface area contributed by atoms with Crippen molar-refractivity contribution in [1.82, 2.24) is 15.2 Å². The van der Waals surface area contributed by atoms with Crippen LogP contribution in [-0.4, -0.2) is 38.8 Å². The minimum atomic E-state index is -0.736. The van der Waals surface area contributed by atoms with Crippen LogP contribution in [0.25, 0.3) is 22.4 Å². The average Bonchev–Trinajstić information content (AvgIpc) is 3.34. The summed E-state index contributed by atoms with van der Waals surface area (Å²) in [6.45, 7) is 0.199. The lowest BCUT2D eigenvalue weighted by molar-refractivity contribution is 0.0386. The van der Waals surface area contributed by atoms with Gasteiger partial charge in [0.2, 0.25) is 0 Å². The second-order valence-electron chi connectivity index (χ2n) is 6.19. The van der Waals surface area contributed by atoms with Crippen LogP contribution >= 0.6 is 11.8 Å². The topological polar surface area (TPSA) is 84.2 Å². The molecule has 0 radical (unpaired) electrons. The van der Waals surface area contributed by atoms with Gasteiger partial charge in [-0.15, -0.1) is 10.2 Å². The van der Waals surface area contributed by atoms with E-state index in [0.29, 0.717) is 22.4 Å². The van der Waals surface area contributed by atoms with Crippen molar-refractivity contribution in [3.05, 3.63) is 66.1 Å². The van der Waals surface area contributed by atoms with Gasteiger partial charge < -0.3 is 19.2 Å². The van der Waals surface area contributed by atoms with Crippen LogP contribution in [0.5, 0.6) is 0 Å². The van der Waals surface area contributed by atoms with Crippen LogP contribution in [-0.2, 0) is 11.3 Å². The lowest BCUT2D eigenvalue weighted by Gasteiger charge is -2.10. The lowest BCUT2D eigenvalue weighted by atomic mass is 10.2. The number of nitrogens with zero attached hydrogens (tertiary/aromatic N) is 2. The third-order valence-corrected chi connectivity index (χ3v) is 5.11. The molecule has 0 aliphatic rings. The van der Waals surface area contributed by atoms with E-state index in [0.717, 1.165) is 16.5 Å². The Kier molecular flexibility index (Phi) is 5.70.